The zero-order valence-corrected chi connectivity index (χ0v) is 18.4. The van der Waals surface area contributed by atoms with Crippen LogP contribution in [0.25, 0.3) is 27.6 Å². The molecule has 0 atom stereocenters. The molecule has 2 aromatic carbocycles. The Morgan fingerprint density at radius 1 is 1.03 bits per heavy atom. The molecule has 1 amide bonds. The number of anilines is 1. The summed E-state index contributed by atoms with van der Waals surface area (Å²) in [4.78, 5) is 23.2. The van der Waals surface area contributed by atoms with E-state index in [4.69, 9.17) is 4.98 Å². The molecule has 1 N–H and O–H groups in total. The normalized spacial score (nSPS) is 10.9. The first-order valence-corrected chi connectivity index (χ1v) is 10.9. The number of thiazole rings is 1. The second-order valence-electron chi connectivity index (χ2n) is 7.27. The van der Waals surface area contributed by atoms with E-state index in [9.17, 15) is 4.79 Å². The van der Waals surface area contributed by atoms with Crippen LogP contribution in [0.3, 0.4) is 0 Å². The van der Waals surface area contributed by atoms with Crippen molar-refractivity contribution in [3.63, 3.8) is 0 Å². The summed E-state index contributed by atoms with van der Waals surface area (Å²) in [6.45, 7) is 1.88. The van der Waals surface area contributed by atoms with Gasteiger partial charge in [0.2, 0.25) is 0 Å². The molecular weight excluding hydrogens is 420 g/mol. The van der Waals surface area contributed by atoms with Crippen molar-refractivity contribution >= 4 is 22.4 Å². The third-order valence-corrected chi connectivity index (χ3v) is 6.14. The van der Waals surface area contributed by atoms with Crippen molar-refractivity contribution in [2.75, 3.05) is 5.32 Å². The number of hydrogen-bond donors (Lipinski definition) is 1. The molecule has 0 aliphatic carbocycles. The average molecular weight is 441 g/mol. The maximum atomic E-state index is 13.1. The fourth-order valence-electron chi connectivity index (χ4n) is 3.53. The van der Waals surface area contributed by atoms with Gasteiger partial charge in [0.15, 0.2) is 11.0 Å². The lowest BCUT2D eigenvalue weighted by molar-refractivity contribution is 0.102. The number of carbonyl (C=O) groups excluding carboxylic acids is 1. The minimum Gasteiger partial charge on any atom is -0.333 e. The number of nitrogens with one attached hydrogen (secondary N) is 1. The van der Waals surface area contributed by atoms with Gasteiger partial charge >= 0.3 is 0 Å². The summed E-state index contributed by atoms with van der Waals surface area (Å²) in [6, 6.07) is 19.6. The van der Waals surface area contributed by atoms with E-state index in [-0.39, 0.29) is 5.91 Å². The average Bonchev–Trinajstić information content (AvgIpc) is 3.53. The molecule has 5 rings (SSSR count). The molecule has 0 unspecified atom stereocenters. The SMILES string of the molecule is Cc1c(C(=O)Nc2nc(-c3ccccc3)c(-c3nccn3C)s2)cnn1-c1ccccc1. The van der Waals surface area contributed by atoms with Gasteiger partial charge in [0.25, 0.3) is 5.91 Å². The summed E-state index contributed by atoms with van der Waals surface area (Å²) in [5.74, 6) is 0.555. The Hall–Kier alpha value is -4.04. The van der Waals surface area contributed by atoms with Crippen LogP contribution in [0.1, 0.15) is 16.1 Å². The van der Waals surface area contributed by atoms with Crippen molar-refractivity contribution in [3.8, 4) is 27.6 Å². The monoisotopic (exact) mass is 440 g/mol. The van der Waals surface area contributed by atoms with Crippen molar-refractivity contribution < 1.29 is 4.79 Å². The third kappa shape index (κ3) is 3.61. The Morgan fingerprint density at radius 3 is 2.44 bits per heavy atom. The highest BCUT2D eigenvalue weighted by atomic mass is 32.1. The highest BCUT2D eigenvalue weighted by molar-refractivity contribution is 7.19. The maximum Gasteiger partial charge on any atom is 0.260 e. The highest BCUT2D eigenvalue weighted by Gasteiger charge is 2.21. The molecule has 5 aromatic rings. The Bertz CT molecular complexity index is 1380. The molecule has 0 spiro atoms. The molecule has 3 heterocycles. The third-order valence-electron chi connectivity index (χ3n) is 5.17. The largest absolute Gasteiger partial charge is 0.333 e. The van der Waals surface area contributed by atoms with Gasteiger partial charge in [-0.3, -0.25) is 10.1 Å². The van der Waals surface area contributed by atoms with Crippen LogP contribution in [0.15, 0.2) is 79.3 Å². The van der Waals surface area contributed by atoms with E-state index < -0.39 is 0 Å². The first-order chi connectivity index (χ1) is 15.6. The Balaban J connectivity index is 1.49. The molecule has 8 heteroatoms. The topological polar surface area (TPSA) is 77.6 Å². The summed E-state index contributed by atoms with van der Waals surface area (Å²) in [7, 11) is 1.94. The van der Waals surface area contributed by atoms with Crippen molar-refractivity contribution in [3.05, 3.63) is 90.5 Å². The van der Waals surface area contributed by atoms with Crippen LogP contribution in [0.4, 0.5) is 5.13 Å². The summed E-state index contributed by atoms with van der Waals surface area (Å²) >= 11 is 1.40. The van der Waals surface area contributed by atoms with Crippen molar-refractivity contribution in [1.82, 2.24) is 24.3 Å². The van der Waals surface area contributed by atoms with Crippen LogP contribution in [-0.4, -0.2) is 30.2 Å². The fourth-order valence-corrected chi connectivity index (χ4v) is 4.55. The maximum absolute atomic E-state index is 13.1. The molecule has 7 nitrogen and oxygen atoms in total. The Morgan fingerprint density at radius 2 is 1.75 bits per heavy atom. The predicted octanol–water partition coefficient (Wildman–Crippen LogP) is 4.96. The Kier molecular flexibility index (Phi) is 5.12. The van der Waals surface area contributed by atoms with E-state index in [2.05, 4.69) is 15.4 Å². The van der Waals surface area contributed by atoms with Crippen LogP contribution in [0.2, 0.25) is 0 Å². The molecule has 3 aromatic heterocycles. The molecule has 0 bridgehead atoms. The highest BCUT2D eigenvalue weighted by Crippen LogP contribution is 2.38. The smallest absolute Gasteiger partial charge is 0.260 e. The van der Waals surface area contributed by atoms with Gasteiger partial charge in [-0.15, -0.1) is 0 Å². The lowest BCUT2D eigenvalue weighted by atomic mass is 10.1. The zero-order valence-electron chi connectivity index (χ0n) is 17.6. The molecule has 0 fully saturated rings. The number of para-hydroxylation sites is 1. The van der Waals surface area contributed by atoms with Crippen LogP contribution in [0.5, 0.6) is 0 Å². The van der Waals surface area contributed by atoms with E-state index in [0.717, 1.165) is 33.3 Å². The second-order valence-corrected chi connectivity index (χ2v) is 8.27. The number of hydrogen-bond acceptors (Lipinski definition) is 5. The van der Waals surface area contributed by atoms with Gasteiger partial charge < -0.3 is 4.57 Å². The van der Waals surface area contributed by atoms with Gasteiger partial charge in [0.05, 0.1) is 33.7 Å². The number of aromatic nitrogens is 5. The van der Waals surface area contributed by atoms with Gasteiger partial charge in [0, 0.05) is 25.0 Å². The van der Waals surface area contributed by atoms with E-state index >= 15 is 0 Å². The molecule has 0 aliphatic heterocycles. The lowest BCUT2D eigenvalue weighted by Crippen LogP contribution is -2.13. The minimum atomic E-state index is -0.246. The van der Waals surface area contributed by atoms with Gasteiger partial charge in [0.1, 0.15) is 0 Å². The molecule has 0 radical (unpaired) electrons. The van der Waals surface area contributed by atoms with Crippen LogP contribution in [0, 0.1) is 6.92 Å². The Labute approximate surface area is 189 Å². The number of nitrogens with zero attached hydrogens (tertiary/aromatic N) is 5. The summed E-state index contributed by atoms with van der Waals surface area (Å²) in [5, 5.41) is 7.86. The number of rotatable bonds is 5. The molecule has 0 saturated heterocycles. The molecule has 0 saturated carbocycles. The summed E-state index contributed by atoms with van der Waals surface area (Å²) < 4.78 is 3.70. The number of aryl methyl sites for hydroxylation is 1. The molecular formula is C24H20N6OS. The standard InChI is InChI=1S/C24H20N6OS/c1-16-19(15-26-30(16)18-11-7-4-8-12-18)23(31)28-24-27-20(17-9-5-3-6-10-17)21(32-24)22-25-13-14-29(22)2/h3-15H,1-2H3,(H,27,28,31). The molecule has 32 heavy (non-hydrogen) atoms. The van der Waals surface area contributed by atoms with Crippen molar-refractivity contribution in [2.45, 2.75) is 6.92 Å². The van der Waals surface area contributed by atoms with E-state index in [0.29, 0.717) is 10.7 Å². The number of imidazole rings is 1. The number of carbonyl (C=O) groups is 1. The first-order valence-electron chi connectivity index (χ1n) is 10.1. The summed E-state index contributed by atoms with van der Waals surface area (Å²) in [5.41, 5.74) is 3.93. The first kappa shape index (κ1) is 19.9. The summed E-state index contributed by atoms with van der Waals surface area (Å²) in [6.07, 6.45) is 5.23. The van der Waals surface area contributed by atoms with E-state index in [1.807, 2.05) is 85.4 Å². The van der Waals surface area contributed by atoms with Crippen molar-refractivity contribution in [1.29, 1.82) is 0 Å². The van der Waals surface area contributed by atoms with Gasteiger partial charge in [-0.25, -0.2) is 14.6 Å². The number of amides is 1. The molecule has 0 aliphatic rings. The zero-order chi connectivity index (χ0) is 22.1. The predicted molar refractivity (Wildman–Crippen MR) is 126 cm³/mol. The van der Waals surface area contributed by atoms with Gasteiger partial charge in [-0.1, -0.05) is 59.9 Å². The minimum absolute atomic E-state index is 0.246. The number of benzene rings is 2. The second kappa shape index (κ2) is 8.24. The van der Waals surface area contributed by atoms with Crippen LogP contribution < -0.4 is 5.32 Å². The van der Waals surface area contributed by atoms with Gasteiger partial charge in [-0.2, -0.15) is 5.10 Å². The van der Waals surface area contributed by atoms with E-state index in [1.54, 1.807) is 17.1 Å². The van der Waals surface area contributed by atoms with Crippen LogP contribution in [-0.2, 0) is 7.05 Å². The molecule has 158 valence electrons. The van der Waals surface area contributed by atoms with Crippen molar-refractivity contribution in [2.24, 2.45) is 7.05 Å². The van der Waals surface area contributed by atoms with Crippen LogP contribution >= 0.6 is 11.3 Å². The lowest BCUT2D eigenvalue weighted by Gasteiger charge is -2.05. The van der Waals surface area contributed by atoms with E-state index in [1.165, 1.54) is 11.3 Å². The fraction of sp³-hybridized carbons (Fsp3) is 0.0833. The quantitative estimate of drug-likeness (QED) is 0.419. The van der Waals surface area contributed by atoms with Gasteiger partial charge in [-0.05, 0) is 19.1 Å².